The SMILES string of the molecule is CCOC(C[C@H]1C(=O)O[C@H](C(C)(C)C)N1C(=O)OCc1ccccc1)OCC. The largest absolute Gasteiger partial charge is 0.444 e. The molecule has 2 atom stereocenters. The van der Waals surface area contributed by atoms with Crippen LogP contribution in [0, 0.1) is 5.41 Å². The van der Waals surface area contributed by atoms with Crippen molar-refractivity contribution in [3.05, 3.63) is 35.9 Å². The smallest absolute Gasteiger partial charge is 0.413 e. The lowest BCUT2D eigenvalue weighted by Crippen LogP contribution is -2.49. The van der Waals surface area contributed by atoms with Gasteiger partial charge in [0.05, 0.1) is 0 Å². The second-order valence-electron chi connectivity index (χ2n) is 7.69. The van der Waals surface area contributed by atoms with Crippen LogP contribution in [0.3, 0.4) is 0 Å². The number of nitrogens with zero attached hydrogens (tertiary/aromatic N) is 1. The molecule has 0 aliphatic carbocycles. The van der Waals surface area contributed by atoms with Crippen molar-refractivity contribution in [2.24, 2.45) is 5.41 Å². The normalized spacial score (nSPS) is 19.8. The molecule has 1 aliphatic rings. The van der Waals surface area contributed by atoms with Gasteiger partial charge in [-0.25, -0.2) is 9.59 Å². The van der Waals surface area contributed by atoms with Gasteiger partial charge < -0.3 is 18.9 Å². The molecule has 7 nitrogen and oxygen atoms in total. The van der Waals surface area contributed by atoms with Gasteiger partial charge >= 0.3 is 12.1 Å². The van der Waals surface area contributed by atoms with E-state index in [2.05, 4.69) is 0 Å². The fourth-order valence-electron chi connectivity index (χ4n) is 3.08. The molecular weight excluding hydrogens is 362 g/mol. The standard InChI is InChI=1S/C21H31NO6/c1-6-25-17(26-7-2)13-16-18(23)28-19(21(3,4)5)22(16)20(24)27-14-15-11-9-8-10-12-15/h8-12,16-17,19H,6-7,13-14H2,1-5H3/t16-,19+/m0/s1. The summed E-state index contributed by atoms with van der Waals surface area (Å²) in [4.78, 5) is 26.9. The predicted octanol–water partition coefficient (Wildman–Crippen LogP) is 3.71. The highest BCUT2D eigenvalue weighted by atomic mass is 16.7. The number of carbonyl (C=O) groups is 2. The van der Waals surface area contributed by atoms with Gasteiger partial charge in [0, 0.05) is 25.0 Å². The van der Waals surface area contributed by atoms with E-state index in [1.54, 1.807) is 0 Å². The van der Waals surface area contributed by atoms with E-state index in [1.807, 2.05) is 65.0 Å². The number of rotatable bonds is 8. The molecule has 1 fully saturated rings. The third-order valence-electron chi connectivity index (χ3n) is 4.37. The number of hydrogen-bond acceptors (Lipinski definition) is 6. The average Bonchev–Trinajstić information content (AvgIpc) is 2.98. The van der Waals surface area contributed by atoms with Gasteiger partial charge in [0.15, 0.2) is 12.5 Å². The number of amides is 1. The van der Waals surface area contributed by atoms with Gasteiger partial charge in [0.2, 0.25) is 0 Å². The summed E-state index contributed by atoms with van der Waals surface area (Å²) in [7, 11) is 0. The summed E-state index contributed by atoms with van der Waals surface area (Å²) < 4.78 is 22.2. The number of cyclic esters (lactones) is 1. The van der Waals surface area contributed by atoms with Gasteiger partial charge in [-0.2, -0.15) is 0 Å². The highest BCUT2D eigenvalue weighted by Gasteiger charge is 2.51. The van der Waals surface area contributed by atoms with Gasteiger partial charge in [-0.15, -0.1) is 0 Å². The number of esters is 1. The van der Waals surface area contributed by atoms with E-state index in [0.29, 0.717) is 13.2 Å². The molecule has 0 aromatic heterocycles. The fraction of sp³-hybridized carbons (Fsp3) is 0.619. The van der Waals surface area contributed by atoms with Crippen LogP contribution in [0.15, 0.2) is 30.3 Å². The van der Waals surface area contributed by atoms with Crippen molar-refractivity contribution in [1.29, 1.82) is 0 Å². The van der Waals surface area contributed by atoms with Crippen molar-refractivity contribution in [3.8, 4) is 0 Å². The molecule has 2 rings (SSSR count). The third kappa shape index (κ3) is 5.69. The van der Waals surface area contributed by atoms with E-state index in [1.165, 1.54) is 4.90 Å². The summed E-state index contributed by atoms with van der Waals surface area (Å²) >= 11 is 0. The van der Waals surface area contributed by atoms with Crippen LogP contribution >= 0.6 is 0 Å². The van der Waals surface area contributed by atoms with E-state index in [4.69, 9.17) is 18.9 Å². The summed E-state index contributed by atoms with van der Waals surface area (Å²) in [5.74, 6) is -0.471. The molecule has 1 aliphatic heterocycles. The number of hydrogen-bond donors (Lipinski definition) is 0. The quantitative estimate of drug-likeness (QED) is 0.495. The Kier molecular flexibility index (Phi) is 7.83. The van der Waals surface area contributed by atoms with E-state index in [0.717, 1.165) is 5.56 Å². The summed E-state index contributed by atoms with van der Waals surface area (Å²) in [6, 6.07) is 8.57. The van der Waals surface area contributed by atoms with Crippen LogP contribution in [0.25, 0.3) is 0 Å². The minimum atomic E-state index is -0.824. The Morgan fingerprint density at radius 2 is 1.75 bits per heavy atom. The molecule has 0 N–H and O–H groups in total. The zero-order valence-electron chi connectivity index (χ0n) is 17.3. The molecule has 0 saturated carbocycles. The third-order valence-corrected chi connectivity index (χ3v) is 4.37. The molecule has 7 heteroatoms. The van der Waals surface area contributed by atoms with Crippen LogP contribution in [-0.2, 0) is 30.3 Å². The topological polar surface area (TPSA) is 74.3 Å². The van der Waals surface area contributed by atoms with Gasteiger partial charge in [-0.3, -0.25) is 4.90 Å². The van der Waals surface area contributed by atoms with Crippen LogP contribution in [0.2, 0.25) is 0 Å². The Morgan fingerprint density at radius 1 is 1.14 bits per heavy atom. The van der Waals surface area contributed by atoms with Crippen molar-refractivity contribution < 1.29 is 28.5 Å². The van der Waals surface area contributed by atoms with Crippen LogP contribution in [0.5, 0.6) is 0 Å². The van der Waals surface area contributed by atoms with E-state index in [-0.39, 0.29) is 13.0 Å². The first-order valence-electron chi connectivity index (χ1n) is 9.70. The Balaban J connectivity index is 2.18. The van der Waals surface area contributed by atoms with Gasteiger partial charge in [-0.1, -0.05) is 51.1 Å². The zero-order chi connectivity index (χ0) is 20.7. The van der Waals surface area contributed by atoms with E-state index < -0.39 is 36.0 Å². The highest BCUT2D eigenvalue weighted by molar-refractivity contribution is 5.84. The Hall–Kier alpha value is -2.12. The second-order valence-corrected chi connectivity index (χ2v) is 7.69. The molecule has 0 radical (unpaired) electrons. The van der Waals surface area contributed by atoms with Crippen molar-refractivity contribution >= 4 is 12.1 Å². The van der Waals surface area contributed by atoms with Crippen LogP contribution < -0.4 is 0 Å². The predicted molar refractivity (Wildman–Crippen MR) is 103 cm³/mol. The average molecular weight is 393 g/mol. The number of benzene rings is 1. The lowest BCUT2D eigenvalue weighted by Gasteiger charge is -2.34. The van der Waals surface area contributed by atoms with E-state index >= 15 is 0 Å². The van der Waals surface area contributed by atoms with Crippen molar-refractivity contribution in [3.63, 3.8) is 0 Å². The Labute approximate surface area is 166 Å². The molecule has 156 valence electrons. The van der Waals surface area contributed by atoms with Crippen molar-refractivity contribution in [2.45, 2.75) is 66.2 Å². The minimum Gasteiger partial charge on any atom is -0.444 e. The maximum atomic E-state index is 12.9. The number of carbonyl (C=O) groups excluding carboxylic acids is 2. The van der Waals surface area contributed by atoms with Crippen LogP contribution in [0.1, 0.15) is 46.6 Å². The molecule has 1 heterocycles. The van der Waals surface area contributed by atoms with Gasteiger partial charge in [-0.05, 0) is 19.4 Å². The molecule has 0 unspecified atom stereocenters. The van der Waals surface area contributed by atoms with Crippen LogP contribution in [-0.4, -0.2) is 48.7 Å². The monoisotopic (exact) mass is 393 g/mol. The Morgan fingerprint density at radius 3 is 2.29 bits per heavy atom. The summed E-state index contributed by atoms with van der Waals surface area (Å²) in [5.41, 5.74) is 0.399. The lowest BCUT2D eigenvalue weighted by molar-refractivity contribution is -0.155. The zero-order valence-corrected chi connectivity index (χ0v) is 17.3. The van der Waals surface area contributed by atoms with Crippen molar-refractivity contribution in [1.82, 2.24) is 4.90 Å². The highest BCUT2D eigenvalue weighted by Crippen LogP contribution is 2.35. The molecule has 28 heavy (non-hydrogen) atoms. The first-order chi connectivity index (χ1) is 13.3. The maximum Gasteiger partial charge on any atom is 0.413 e. The molecule has 0 bridgehead atoms. The summed E-state index contributed by atoms with van der Waals surface area (Å²) in [6.45, 7) is 10.4. The molecule has 1 amide bonds. The molecular formula is C21H31NO6. The van der Waals surface area contributed by atoms with Crippen molar-refractivity contribution in [2.75, 3.05) is 13.2 Å². The molecule has 0 spiro atoms. The van der Waals surface area contributed by atoms with E-state index in [9.17, 15) is 9.59 Å². The minimum absolute atomic E-state index is 0.119. The fourth-order valence-corrected chi connectivity index (χ4v) is 3.08. The van der Waals surface area contributed by atoms with Gasteiger partial charge in [0.25, 0.3) is 0 Å². The molecule has 1 saturated heterocycles. The maximum absolute atomic E-state index is 12.9. The summed E-state index contributed by atoms with van der Waals surface area (Å²) in [6.07, 6.45) is -1.73. The first-order valence-corrected chi connectivity index (χ1v) is 9.70. The van der Waals surface area contributed by atoms with Crippen LogP contribution in [0.4, 0.5) is 4.79 Å². The lowest BCUT2D eigenvalue weighted by atomic mass is 9.93. The molecule has 1 aromatic rings. The Bertz CT molecular complexity index is 636. The first kappa shape index (κ1) is 22.2. The van der Waals surface area contributed by atoms with Gasteiger partial charge in [0.1, 0.15) is 12.6 Å². The number of ether oxygens (including phenoxy) is 4. The second kappa shape index (κ2) is 9.89. The summed E-state index contributed by atoms with van der Waals surface area (Å²) in [5, 5.41) is 0. The molecule has 1 aromatic carbocycles.